The molecular weight excluding hydrogens is 366 g/mol. The minimum absolute atomic E-state index is 0.155. The minimum Gasteiger partial charge on any atom is -0.454 e. The summed E-state index contributed by atoms with van der Waals surface area (Å²) < 4.78 is 10.7. The van der Waals surface area contributed by atoms with Crippen LogP contribution in [0.3, 0.4) is 0 Å². The third kappa shape index (κ3) is 3.25. The van der Waals surface area contributed by atoms with E-state index in [9.17, 15) is 4.79 Å². The number of ether oxygens (including phenoxy) is 2. The summed E-state index contributed by atoms with van der Waals surface area (Å²) in [5, 5.41) is 8.41. The van der Waals surface area contributed by atoms with Crippen molar-refractivity contribution < 1.29 is 14.3 Å². The van der Waals surface area contributed by atoms with Gasteiger partial charge in [-0.05, 0) is 35.4 Å². The molecule has 0 unspecified atom stereocenters. The zero-order valence-electron chi connectivity index (χ0n) is 15.5. The van der Waals surface area contributed by atoms with Gasteiger partial charge in [-0.3, -0.25) is 4.79 Å². The third-order valence-corrected chi connectivity index (χ3v) is 4.84. The SMILES string of the molecule is O=C1/C(=N/N=C/c2ccc3c(c2)OCO3)c2ccccc2N1Cc1ccccc1. The van der Waals surface area contributed by atoms with Gasteiger partial charge in [-0.2, -0.15) is 5.10 Å². The second kappa shape index (κ2) is 7.24. The number of fused-ring (bicyclic) bond motifs is 2. The fourth-order valence-electron chi connectivity index (χ4n) is 3.43. The Morgan fingerprint density at radius 1 is 0.931 bits per heavy atom. The quantitative estimate of drug-likeness (QED) is 0.509. The molecule has 142 valence electrons. The summed E-state index contributed by atoms with van der Waals surface area (Å²) in [7, 11) is 0. The molecule has 0 spiro atoms. The first-order valence-electron chi connectivity index (χ1n) is 9.25. The van der Waals surface area contributed by atoms with Gasteiger partial charge in [-0.15, -0.1) is 5.10 Å². The van der Waals surface area contributed by atoms with Gasteiger partial charge in [0.2, 0.25) is 6.79 Å². The van der Waals surface area contributed by atoms with Gasteiger partial charge in [-0.1, -0.05) is 48.5 Å². The summed E-state index contributed by atoms with van der Waals surface area (Å²) in [5.41, 5.74) is 3.85. The van der Waals surface area contributed by atoms with Crippen molar-refractivity contribution in [3.05, 3.63) is 89.5 Å². The number of amides is 1. The lowest BCUT2D eigenvalue weighted by molar-refractivity contribution is -0.112. The molecule has 0 saturated carbocycles. The zero-order valence-corrected chi connectivity index (χ0v) is 15.5. The highest BCUT2D eigenvalue weighted by Gasteiger charge is 2.33. The standard InChI is InChI=1S/C23H17N3O3/c27-23-22(25-24-13-17-10-11-20-21(12-17)29-15-28-20)18-8-4-5-9-19(18)26(23)14-16-6-2-1-3-7-16/h1-13H,14-15H2/b24-13+,25-22+. The molecule has 0 N–H and O–H groups in total. The highest BCUT2D eigenvalue weighted by molar-refractivity contribution is 6.54. The van der Waals surface area contributed by atoms with E-state index in [1.165, 1.54) is 0 Å². The Kier molecular flexibility index (Phi) is 4.29. The number of hydrogen-bond acceptors (Lipinski definition) is 5. The fourth-order valence-corrected chi connectivity index (χ4v) is 3.43. The number of hydrogen-bond donors (Lipinski definition) is 0. The molecule has 0 aliphatic carbocycles. The van der Waals surface area contributed by atoms with Crippen LogP contribution in [-0.2, 0) is 11.3 Å². The Hall–Kier alpha value is -3.93. The molecule has 6 heteroatoms. The summed E-state index contributed by atoms with van der Waals surface area (Å²) in [6.07, 6.45) is 1.60. The van der Waals surface area contributed by atoms with Crippen molar-refractivity contribution in [3.8, 4) is 11.5 Å². The molecule has 0 saturated heterocycles. The molecule has 3 aromatic carbocycles. The number of carbonyl (C=O) groups is 1. The number of para-hydroxylation sites is 1. The highest BCUT2D eigenvalue weighted by Crippen LogP contribution is 2.32. The van der Waals surface area contributed by atoms with Gasteiger partial charge < -0.3 is 14.4 Å². The van der Waals surface area contributed by atoms with E-state index in [4.69, 9.17) is 9.47 Å². The first-order chi connectivity index (χ1) is 14.3. The van der Waals surface area contributed by atoms with E-state index >= 15 is 0 Å². The molecule has 0 atom stereocenters. The van der Waals surface area contributed by atoms with Gasteiger partial charge in [0.15, 0.2) is 17.2 Å². The zero-order chi connectivity index (χ0) is 19.6. The van der Waals surface area contributed by atoms with E-state index in [0.29, 0.717) is 23.8 Å². The number of rotatable bonds is 4. The summed E-state index contributed by atoms with van der Waals surface area (Å²) in [4.78, 5) is 14.8. The number of anilines is 1. The molecule has 5 rings (SSSR count). The lowest BCUT2D eigenvalue weighted by Gasteiger charge is -2.16. The largest absolute Gasteiger partial charge is 0.454 e. The maximum Gasteiger partial charge on any atom is 0.279 e. The number of nitrogens with zero attached hydrogens (tertiary/aromatic N) is 3. The Bertz CT molecular complexity index is 1140. The van der Waals surface area contributed by atoms with Crippen LogP contribution in [-0.4, -0.2) is 24.6 Å². The first-order valence-corrected chi connectivity index (χ1v) is 9.25. The Morgan fingerprint density at radius 3 is 2.62 bits per heavy atom. The summed E-state index contributed by atoms with van der Waals surface area (Å²) >= 11 is 0. The maximum absolute atomic E-state index is 13.0. The van der Waals surface area contributed by atoms with Crippen LogP contribution < -0.4 is 14.4 Å². The summed E-state index contributed by atoms with van der Waals surface area (Å²) in [6, 6.07) is 23.1. The molecule has 0 bridgehead atoms. The van der Waals surface area contributed by atoms with Crippen LogP contribution in [0.4, 0.5) is 5.69 Å². The first kappa shape index (κ1) is 17.2. The predicted octanol–water partition coefficient (Wildman–Crippen LogP) is 3.79. The van der Waals surface area contributed by atoms with Gasteiger partial charge in [0, 0.05) is 5.56 Å². The van der Waals surface area contributed by atoms with Gasteiger partial charge in [0.25, 0.3) is 5.91 Å². The van der Waals surface area contributed by atoms with Crippen molar-refractivity contribution in [2.45, 2.75) is 6.54 Å². The Labute approximate surface area is 167 Å². The monoisotopic (exact) mass is 383 g/mol. The topological polar surface area (TPSA) is 63.5 Å². The van der Waals surface area contributed by atoms with E-state index in [-0.39, 0.29) is 12.7 Å². The van der Waals surface area contributed by atoms with Gasteiger partial charge in [-0.25, -0.2) is 0 Å². The fraction of sp³-hybridized carbons (Fsp3) is 0.0870. The van der Waals surface area contributed by atoms with Crippen molar-refractivity contribution in [1.82, 2.24) is 0 Å². The molecule has 6 nitrogen and oxygen atoms in total. The van der Waals surface area contributed by atoms with Crippen LogP contribution in [0.1, 0.15) is 16.7 Å². The van der Waals surface area contributed by atoms with E-state index in [0.717, 1.165) is 22.4 Å². The van der Waals surface area contributed by atoms with Gasteiger partial charge in [0.1, 0.15) is 0 Å². The molecule has 2 aliphatic heterocycles. The van der Waals surface area contributed by atoms with Crippen molar-refractivity contribution in [2.24, 2.45) is 10.2 Å². The molecule has 0 radical (unpaired) electrons. The summed E-state index contributed by atoms with van der Waals surface area (Å²) in [5.74, 6) is 1.24. The van der Waals surface area contributed by atoms with Crippen LogP contribution in [0.2, 0.25) is 0 Å². The molecule has 0 aromatic heterocycles. The summed E-state index contributed by atoms with van der Waals surface area (Å²) in [6.45, 7) is 0.711. The normalized spacial score (nSPS) is 16.1. The molecule has 3 aromatic rings. The van der Waals surface area contributed by atoms with E-state index in [1.807, 2.05) is 72.8 Å². The average molecular weight is 383 g/mol. The van der Waals surface area contributed by atoms with Gasteiger partial charge >= 0.3 is 0 Å². The Balaban J connectivity index is 1.43. The second-order valence-electron chi connectivity index (χ2n) is 6.70. The predicted molar refractivity (Wildman–Crippen MR) is 111 cm³/mol. The van der Waals surface area contributed by atoms with Crippen molar-refractivity contribution in [3.63, 3.8) is 0 Å². The van der Waals surface area contributed by atoms with Crippen LogP contribution in [0.5, 0.6) is 11.5 Å². The second-order valence-corrected chi connectivity index (χ2v) is 6.70. The Morgan fingerprint density at radius 2 is 1.72 bits per heavy atom. The van der Waals surface area contributed by atoms with E-state index in [1.54, 1.807) is 11.1 Å². The molecule has 2 heterocycles. The number of benzene rings is 3. The maximum atomic E-state index is 13.0. The lowest BCUT2D eigenvalue weighted by atomic mass is 10.1. The minimum atomic E-state index is -0.155. The van der Waals surface area contributed by atoms with E-state index in [2.05, 4.69) is 10.2 Å². The molecule has 29 heavy (non-hydrogen) atoms. The average Bonchev–Trinajstić information content (AvgIpc) is 3.33. The van der Waals surface area contributed by atoms with Crippen molar-refractivity contribution >= 4 is 23.5 Å². The van der Waals surface area contributed by atoms with E-state index < -0.39 is 0 Å². The smallest absolute Gasteiger partial charge is 0.279 e. The third-order valence-electron chi connectivity index (χ3n) is 4.84. The number of carbonyl (C=O) groups excluding carboxylic acids is 1. The van der Waals surface area contributed by atoms with Crippen LogP contribution in [0, 0.1) is 0 Å². The van der Waals surface area contributed by atoms with Crippen LogP contribution in [0.15, 0.2) is 83.0 Å². The molecule has 1 amide bonds. The molecule has 2 aliphatic rings. The van der Waals surface area contributed by atoms with Crippen molar-refractivity contribution in [2.75, 3.05) is 11.7 Å². The van der Waals surface area contributed by atoms with Crippen molar-refractivity contribution in [1.29, 1.82) is 0 Å². The molecule has 0 fully saturated rings. The van der Waals surface area contributed by atoms with Crippen LogP contribution >= 0.6 is 0 Å². The molecular formula is C23H17N3O3. The highest BCUT2D eigenvalue weighted by atomic mass is 16.7. The van der Waals surface area contributed by atoms with Gasteiger partial charge in [0.05, 0.1) is 18.4 Å². The lowest BCUT2D eigenvalue weighted by Crippen LogP contribution is -2.29. The van der Waals surface area contributed by atoms with Crippen LogP contribution in [0.25, 0.3) is 0 Å².